The average Bonchev–Trinajstić information content (AvgIpc) is 3.38. The van der Waals surface area contributed by atoms with E-state index in [1.54, 1.807) is 48.4 Å². The smallest absolute Gasteiger partial charge is 0.276 e. The van der Waals surface area contributed by atoms with E-state index >= 15 is 0 Å². The van der Waals surface area contributed by atoms with Gasteiger partial charge in [0, 0.05) is 6.07 Å². The van der Waals surface area contributed by atoms with Gasteiger partial charge in [0.15, 0.2) is 5.69 Å². The van der Waals surface area contributed by atoms with Crippen molar-refractivity contribution in [3.8, 4) is 16.6 Å². The normalized spacial score (nSPS) is 11.1. The topological polar surface area (TPSA) is 78.3 Å². The fourth-order valence-corrected chi connectivity index (χ4v) is 4.05. The number of hydrogen-bond acceptors (Lipinski definition) is 6. The molecule has 0 radical (unpaired) electrons. The van der Waals surface area contributed by atoms with E-state index in [0.29, 0.717) is 22.9 Å². The van der Waals surface area contributed by atoms with Crippen molar-refractivity contribution in [2.45, 2.75) is 19.8 Å². The summed E-state index contributed by atoms with van der Waals surface area (Å²) in [6.45, 7) is 4.13. The molecule has 0 aliphatic rings. The molecular formula is C22H22N4O3S. The van der Waals surface area contributed by atoms with E-state index in [9.17, 15) is 4.79 Å². The molecule has 2 aromatic heterocycles. The lowest BCUT2D eigenvalue weighted by molar-refractivity contribution is 0.102. The second-order valence-corrected chi connectivity index (χ2v) is 8.01. The van der Waals surface area contributed by atoms with E-state index in [1.165, 1.54) is 0 Å². The zero-order valence-electron chi connectivity index (χ0n) is 17.2. The van der Waals surface area contributed by atoms with Gasteiger partial charge >= 0.3 is 0 Å². The van der Waals surface area contributed by atoms with Crippen LogP contribution in [0.3, 0.4) is 0 Å². The molecule has 0 bridgehead atoms. The summed E-state index contributed by atoms with van der Waals surface area (Å²) in [5, 5.41) is 8.18. The van der Waals surface area contributed by atoms with E-state index in [1.807, 2.05) is 30.3 Å². The Hall–Kier alpha value is -3.39. The Kier molecular flexibility index (Phi) is 5.41. The number of rotatable bonds is 6. The van der Waals surface area contributed by atoms with Gasteiger partial charge in [0.25, 0.3) is 5.91 Å². The summed E-state index contributed by atoms with van der Waals surface area (Å²) in [6, 6.07) is 15.0. The Labute approximate surface area is 178 Å². The predicted octanol–water partition coefficient (Wildman–Crippen LogP) is 4.87. The molecule has 0 fully saturated rings. The van der Waals surface area contributed by atoms with Gasteiger partial charge in [-0.05, 0) is 36.2 Å². The first-order valence-electron chi connectivity index (χ1n) is 9.49. The molecule has 2 heterocycles. The Morgan fingerprint density at radius 2 is 1.90 bits per heavy atom. The van der Waals surface area contributed by atoms with Crippen LogP contribution in [0.1, 0.15) is 35.9 Å². The number of anilines is 1. The fraction of sp³-hybridized carbons (Fsp3) is 0.227. The molecular weight excluding hydrogens is 400 g/mol. The standard InChI is InChI=1S/C22H22N4O3S/c1-13(2)18-12-17(21(27)23-15-10-9-14(28-3)11-19(15)29-4)25-26(18)22-24-16-7-5-6-8-20(16)30-22/h5-13H,1-4H3,(H,23,27). The van der Waals surface area contributed by atoms with E-state index in [4.69, 9.17) is 9.47 Å². The molecule has 4 aromatic rings. The molecule has 0 saturated heterocycles. The zero-order valence-corrected chi connectivity index (χ0v) is 18.0. The summed E-state index contributed by atoms with van der Waals surface area (Å²) in [4.78, 5) is 17.6. The molecule has 0 spiro atoms. The van der Waals surface area contributed by atoms with Crippen LogP contribution >= 0.6 is 11.3 Å². The molecule has 2 aromatic carbocycles. The van der Waals surface area contributed by atoms with E-state index in [-0.39, 0.29) is 11.8 Å². The minimum absolute atomic E-state index is 0.168. The van der Waals surface area contributed by atoms with Crippen LogP contribution in [0.4, 0.5) is 5.69 Å². The molecule has 0 atom stereocenters. The minimum atomic E-state index is -0.319. The Morgan fingerprint density at radius 1 is 1.10 bits per heavy atom. The molecule has 1 N–H and O–H groups in total. The van der Waals surface area contributed by atoms with Gasteiger partial charge in [-0.25, -0.2) is 9.67 Å². The van der Waals surface area contributed by atoms with Crippen LogP contribution in [-0.4, -0.2) is 34.9 Å². The molecule has 0 aliphatic heterocycles. The Morgan fingerprint density at radius 3 is 2.60 bits per heavy atom. The summed E-state index contributed by atoms with van der Waals surface area (Å²) in [7, 11) is 3.12. The fourth-order valence-electron chi connectivity index (χ4n) is 3.11. The maximum Gasteiger partial charge on any atom is 0.276 e. The van der Waals surface area contributed by atoms with Crippen molar-refractivity contribution in [1.82, 2.24) is 14.8 Å². The third-order valence-corrected chi connectivity index (χ3v) is 5.69. The number of ether oxygens (including phenoxy) is 2. The van der Waals surface area contributed by atoms with Crippen LogP contribution in [-0.2, 0) is 0 Å². The van der Waals surface area contributed by atoms with Crippen molar-refractivity contribution in [3.63, 3.8) is 0 Å². The third kappa shape index (κ3) is 3.73. The highest BCUT2D eigenvalue weighted by Gasteiger charge is 2.20. The monoisotopic (exact) mass is 422 g/mol. The van der Waals surface area contributed by atoms with Gasteiger partial charge in [0.05, 0.1) is 35.8 Å². The number of methoxy groups -OCH3 is 2. The van der Waals surface area contributed by atoms with Crippen LogP contribution in [0.25, 0.3) is 15.3 Å². The molecule has 7 nitrogen and oxygen atoms in total. The van der Waals surface area contributed by atoms with Crippen molar-refractivity contribution in [3.05, 3.63) is 59.9 Å². The first-order chi connectivity index (χ1) is 14.5. The summed E-state index contributed by atoms with van der Waals surface area (Å²) < 4.78 is 13.4. The number of thiazole rings is 1. The van der Waals surface area contributed by atoms with Crippen molar-refractivity contribution in [1.29, 1.82) is 0 Å². The molecule has 8 heteroatoms. The summed E-state index contributed by atoms with van der Waals surface area (Å²) in [6.07, 6.45) is 0. The van der Waals surface area contributed by atoms with E-state index < -0.39 is 0 Å². The zero-order chi connectivity index (χ0) is 21.3. The number of aromatic nitrogens is 3. The van der Waals surface area contributed by atoms with Gasteiger partial charge in [-0.15, -0.1) is 0 Å². The van der Waals surface area contributed by atoms with E-state index in [0.717, 1.165) is 21.0 Å². The number of hydrogen-bond donors (Lipinski definition) is 1. The maximum absolute atomic E-state index is 12.9. The SMILES string of the molecule is COc1ccc(NC(=O)c2cc(C(C)C)n(-c3nc4ccccc4s3)n2)c(OC)c1. The second-order valence-electron chi connectivity index (χ2n) is 7.01. The summed E-state index contributed by atoms with van der Waals surface area (Å²) in [5.74, 6) is 1.01. The molecule has 0 unspecified atom stereocenters. The summed E-state index contributed by atoms with van der Waals surface area (Å²) in [5.41, 5.74) is 2.69. The molecule has 154 valence electrons. The average molecular weight is 423 g/mol. The molecule has 0 aliphatic carbocycles. The lowest BCUT2D eigenvalue weighted by Crippen LogP contribution is -2.14. The second kappa shape index (κ2) is 8.16. The number of nitrogens with one attached hydrogen (secondary N) is 1. The van der Waals surface area contributed by atoms with E-state index in [2.05, 4.69) is 29.2 Å². The van der Waals surface area contributed by atoms with Crippen LogP contribution in [0.2, 0.25) is 0 Å². The first-order valence-corrected chi connectivity index (χ1v) is 10.3. The number of carbonyl (C=O) groups is 1. The Bertz CT molecular complexity index is 1180. The van der Waals surface area contributed by atoms with Crippen molar-refractivity contribution < 1.29 is 14.3 Å². The lowest BCUT2D eigenvalue weighted by Gasteiger charge is -2.10. The van der Waals surface area contributed by atoms with Gasteiger partial charge in [-0.3, -0.25) is 4.79 Å². The van der Waals surface area contributed by atoms with Crippen LogP contribution in [0.15, 0.2) is 48.5 Å². The predicted molar refractivity (Wildman–Crippen MR) is 118 cm³/mol. The highest BCUT2D eigenvalue weighted by molar-refractivity contribution is 7.20. The molecule has 30 heavy (non-hydrogen) atoms. The van der Waals surface area contributed by atoms with Gasteiger partial charge in [0.1, 0.15) is 11.5 Å². The van der Waals surface area contributed by atoms with Crippen LogP contribution in [0.5, 0.6) is 11.5 Å². The largest absolute Gasteiger partial charge is 0.497 e. The third-order valence-electron chi connectivity index (χ3n) is 4.68. The Balaban J connectivity index is 1.68. The number of carbonyl (C=O) groups excluding carboxylic acids is 1. The van der Waals surface area contributed by atoms with Gasteiger partial charge < -0.3 is 14.8 Å². The number of amides is 1. The minimum Gasteiger partial charge on any atom is -0.497 e. The summed E-state index contributed by atoms with van der Waals surface area (Å²) >= 11 is 1.54. The van der Waals surface area contributed by atoms with Crippen molar-refractivity contribution in [2.24, 2.45) is 0 Å². The first kappa shape index (κ1) is 19.9. The van der Waals surface area contributed by atoms with Crippen LogP contribution in [0, 0.1) is 0 Å². The quantitative estimate of drug-likeness (QED) is 0.479. The molecule has 1 amide bonds. The van der Waals surface area contributed by atoms with Crippen LogP contribution < -0.4 is 14.8 Å². The lowest BCUT2D eigenvalue weighted by atomic mass is 10.1. The van der Waals surface area contributed by atoms with Gasteiger partial charge in [0.2, 0.25) is 5.13 Å². The number of para-hydroxylation sites is 1. The van der Waals surface area contributed by atoms with Gasteiger partial charge in [-0.1, -0.05) is 37.3 Å². The number of benzene rings is 2. The van der Waals surface area contributed by atoms with Crippen molar-refractivity contribution in [2.75, 3.05) is 19.5 Å². The highest BCUT2D eigenvalue weighted by atomic mass is 32.1. The molecule has 4 rings (SSSR count). The van der Waals surface area contributed by atoms with Crippen molar-refractivity contribution >= 4 is 33.1 Å². The maximum atomic E-state index is 12.9. The molecule has 0 saturated carbocycles. The van der Waals surface area contributed by atoms with Gasteiger partial charge in [-0.2, -0.15) is 5.10 Å². The highest BCUT2D eigenvalue weighted by Crippen LogP contribution is 2.31. The number of nitrogens with zero attached hydrogens (tertiary/aromatic N) is 3. The number of fused-ring (bicyclic) bond motifs is 1.